The van der Waals surface area contributed by atoms with Gasteiger partial charge >= 0.3 is 0 Å². The maximum atomic E-state index is 6.04. The maximum Gasteiger partial charge on any atom is 0.217 e. The van der Waals surface area contributed by atoms with E-state index in [2.05, 4.69) is 11.9 Å². The Bertz CT molecular complexity index is 276. The van der Waals surface area contributed by atoms with E-state index in [-0.39, 0.29) is 6.04 Å². The Balaban J connectivity index is 2.72. The van der Waals surface area contributed by atoms with Crippen molar-refractivity contribution < 1.29 is 4.74 Å². The molecular weight excluding hydrogens is 176 g/mol. The van der Waals surface area contributed by atoms with Crippen molar-refractivity contribution in [2.45, 2.75) is 32.2 Å². The number of nitrogens with two attached hydrogens (primary N) is 1. The summed E-state index contributed by atoms with van der Waals surface area (Å²) in [5.41, 5.74) is 7.04. The fourth-order valence-electron chi connectivity index (χ4n) is 1.44. The van der Waals surface area contributed by atoms with E-state index < -0.39 is 0 Å². The molecule has 78 valence electrons. The zero-order valence-electron chi connectivity index (χ0n) is 8.86. The average Bonchev–Trinajstić information content (AvgIpc) is 2.25. The van der Waals surface area contributed by atoms with Gasteiger partial charge in [0.15, 0.2) is 0 Å². The van der Waals surface area contributed by atoms with Crippen molar-refractivity contribution >= 4 is 0 Å². The summed E-state index contributed by atoms with van der Waals surface area (Å²) in [7, 11) is 1.62. The molecule has 3 heteroatoms. The number of methoxy groups -OCH3 is 1. The van der Waals surface area contributed by atoms with E-state index in [0.717, 1.165) is 24.8 Å². The average molecular weight is 194 g/mol. The standard InChI is InChI=1S/C11H18N2O/c1-3-4-7-10(12)9-6-5-8-13-11(9)14-2/h5-6,8,10H,3-4,7,12H2,1-2H3. The normalized spacial score (nSPS) is 12.5. The minimum absolute atomic E-state index is 0.0404. The lowest BCUT2D eigenvalue weighted by atomic mass is 10.0. The Morgan fingerprint density at radius 1 is 1.57 bits per heavy atom. The van der Waals surface area contributed by atoms with Crippen molar-refractivity contribution in [3.05, 3.63) is 23.9 Å². The number of aromatic nitrogens is 1. The molecule has 1 aromatic rings. The minimum Gasteiger partial charge on any atom is -0.481 e. The van der Waals surface area contributed by atoms with Gasteiger partial charge in [0.05, 0.1) is 7.11 Å². The predicted octanol–water partition coefficient (Wildman–Crippen LogP) is 2.28. The fourth-order valence-corrected chi connectivity index (χ4v) is 1.44. The molecule has 0 saturated heterocycles. The summed E-state index contributed by atoms with van der Waals surface area (Å²) >= 11 is 0. The quantitative estimate of drug-likeness (QED) is 0.782. The van der Waals surface area contributed by atoms with Gasteiger partial charge in [-0.3, -0.25) is 0 Å². The van der Waals surface area contributed by atoms with E-state index in [1.54, 1.807) is 13.3 Å². The molecule has 1 atom stereocenters. The van der Waals surface area contributed by atoms with Crippen molar-refractivity contribution in [3.8, 4) is 5.88 Å². The minimum atomic E-state index is 0.0404. The third-order valence-corrected chi connectivity index (χ3v) is 2.26. The van der Waals surface area contributed by atoms with Gasteiger partial charge in [0.2, 0.25) is 5.88 Å². The molecular formula is C11H18N2O. The van der Waals surface area contributed by atoms with Crippen molar-refractivity contribution in [1.82, 2.24) is 4.98 Å². The number of unbranched alkanes of at least 4 members (excludes halogenated alkanes) is 1. The van der Waals surface area contributed by atoms with Crippen LogP contribution in [0, 0.1) is 0 Å². The summed E-state index contributed by atoms with van der Waals surface area (Å²) in [6.45, 7) is 2.16. The molecule has 1 aromatic heterocycles. The molecule has 0 aromatic carbocycles. The molecule has 1 heterocycles. The van der Waals surface area contributed by atoms with E-state index in [0.29, 0.717) is 5.88 Å². The van der Waals surface area contributed by atoms with E-state index in [1.165, 1.54) is 0 Å². The molecule has 0 aliphatic carbocycles. The third-order valence-electron chi connectivity index (χ3n) is 2.26. The van der Waals surface area contributed by atoms with Crippen LogP contribution in [0.1, 0.15) is 37.8 Å². The van der Waals surface area contributed by atoms with Crippen molar-refractivity contribution in [3.63, 3.8) is 0 Å². The molecule has 0 radical (unpaired) electrons. The Morgan fingerprint density at radius 2 is 2.36 bits per heavy atom. The molecule has 1 unspecified atom stereocenters. The Hall–Kier alpha value is -1.09. The molecule has 0 aliphatic rings. The molecule has 0 spiro atoms. The maximum absolute atomic E-state index is 6.04. The third kappa shape index (κ3) is 2.70. The monoisotopic (exact) mass is 194 g/mol. The summed E-state index contributed by atoms with van der Waals surface area (Å²) < 4.78 is 5.16. The largest absolute Gasteiger partial charge is 0.481 e. The zero-order chi connectivity index (χ0) is 10.4. The Kier molecular flexibility index (Phi) is 4.40. The summed E-state index contributed by atoms with van der Waals surface area (Å²) in [6, 6.07) is 3.91. The second-order valence-corrected chi connectivity index (χ2v) is 3.35. The smallest absolute Gasteiger partial charge is 0.217 e. The van der Waals surface area contributed by atoms with Gasteiger partial charge in [0.25, 0.3) is 0 Å². The Morgan fingerprint density at radius 3 is 3.00 bits per heavy atom. The lowest BCUT2D eigenvalue weighted by Gasteiger charge is -2.13. The summed E-state index contributed by atoms with van der Waals surface area (Å²) in [6.07, 6.45) is 5.00. The molecule has 0 aliphatic heterocycles. The number of rotatable bonds is 5. The van der Waals surface area contributed by atoms with Crippen LogP contribution in [0.15, 0.2) is 18.3 Å². The summed E-state index contributed by atoms with van der Waals surface area (Å²) in [5, 5.41) is 0. The number of pyridine rings is 1. The first-order chi connectivity index (χ1) is 6.79. The number of ether oxygens (including phenoxy) is 1. The van der Waals surface area contributed by atoms with Gasteiger partial charge in [-0.2, -0.15) is 0 Å². The molecule has 0 saturated carbocycles. The van der Waals surface area contributed by atoms with Gasteiger partial charge in [0, 0.05) is 17.8 Å². The van der Waals surface area contributed by atoms with Crippen LogP contribution in [-0.4, -0.2) is 12.1 Å². The van der Waals surface area contributed by atoms with Crippen LogP contribution in [0.2, 0.25) is 0 Å². The highest BCUT2D eigenvalue weighted by atomic mass is 16.5. The van der Waals surface area contributed by atoms with Crippen LogP contribution >= 0.6 is 0 Å². The highest BCUT2D eigenvalue weighted by molar-refractivity contribution is 5.28. The number of nitrogens with zero attached hydrogens (tertiary/aromatic N) is 1. The van der Waals surface area contributed by atoms with Crippen molar-refractivity contribution in [1.29, 1.82) is 0 Å². The second-order valence-electron chi connectivity index (χ2n) is 3.35. The lowest BCUT2D eigenvalue weighted by molar-refractivity contribution is 0.386. The first-order valence-corrected chi connectivity index (χ1v) is 5.04. The van der Waals surface area contributed by atoms with Crippen molar-refractivity contribution in [2.75, 3.05) is 7.11 Å². The van der Waals surface area contributed by atoms with Gasteiger partial charge in [0.1, 0.15) is 0 Å². The SMILES string of the molecule is CCCCC(N)c1cccnc1OC. The van der Waals surface area contributed by atoms with Gasteiger partial charge in [-0.1, -0.05) is 25.8 Å². The number of hydrogen-bond acceptors (Lipinski definition) is 3. The first-order valence-electron chi connectivity index (χ1n) is 5.04. The molecule has 0 fully saturated rings. The van der Waals surface area contributed by atoms with Crippen LogP contribution in [0.3, 0.4) is 0 Å². The predicted molar refractivity (Wildman–Crippen MR) is 57.2 cm³/mol. The molecule has 14 heavy (non-hydrogen) atoms. The Labute approximate surface area is 85.3 Å². The van der Waals surface area contributed by atoms with Crippen LogP contribution < -0.4 is 10.5 Å². The van der Waals surface area contributed by atoms with Crippen LogP contribution in [-0.2, 0) is 0 Å². The molecule has 0 amide bonds. The molecule has 0 bridgehead atoms. The van der Waals surface area contributed by atoms with Gasteiger partial charge < -0.3 is 10.5 Å². The van der Waals surface area contributed by atoms with Gasteiger partial charge in [-0.25, -0.2) is 4.98 Å². The van der Waals surface area contributed by atoms with E-state index in [4.69, 9.17) is 10.5 Å². The van der Waals surface area contributed by atoms with Gasteiger partial charge in [-0.05, 0) is 12.5 Å². The summed E-state index contributed by atoms with van der Waals surface area (Å²) in [5.74, 6) is 0.649. The second kappa shape index (κ2) is 5.60. The summed E-state index contributed by atoms with van der Waals surface area (Å²) in [4.78, 5) is 4.12. The van der Waals surface area contributed by atoms with Crippen LogP contribution in [0.4, 0.5) is 0 Å². The van der Waals surface area contributed by atoms with Crippen LogP contribution in [0.25, 0.3) is 0 Å². The zero-order valence-corrected chi connectivity index (χ0v) is 8.86. The number of hydrogen-bond donors (Lipinski definition) is 1. The molecule has 3 nitrogen and oxygen atoms in total. The lowest BCUT2D eigenvalue weighted by Crippen LogP contribution is -2.11. The molecule has 2 N–H and O–H groups in total. The first kappa shape index (κ1) is 11.0. The van der Waals surface area contributed by atoms with E-state index in [1.807, 2.05) is 12.1 Å². The van der Waals surface area contributed by atoms with E-state index in [9.17, 15) is 0 Å². The highest BCUT2D eigenvalue weighted by Gasteiger charge is 2.11. The van der Waals surface area contributed by atoms with Gasteiger partial charge in [-0.15, -0.1) is 0 Å². The topological polar surface area (TPSA) is 48.1 Å². The highest BCUT2D eigenvalue weighted by Crippen LogP contribution is 2.23. The van der Waals surface area contributed by atoms with Crippen LogP contribution in [0.5, 0.6) is 5.88 Å². The fraction of sp³-hybridized carbons (Fsp3) is 0.545. The van der Waals surface area contributed by atoms with Crippen molar-refractivity contribution in [2.24, 2.45) is 5.73 Å². The molecule has 1 rings (SSSR count). The van der Waals surface area contributed by atoms with E-state index >= 15 is 0 Å².